The third kappa shape index (κ3) is 3.64. The van der Waals surface area contributed by atoms with E-state index < -0.39 is 5.54 Å². The number of nitrogens with zero attached hydrogens (tertiary/aromatic N) is 3. The predicted molar refractivity (Wildman–Crippen MR) is 78.8 cm³/mol. The number of nitrogens with one attached hydrogen (secondary N) is 2. The van der Waals surface area contributed by atoms with Crippen molar-refractivity contribution in [3.05, 3.63) is 10.5 Å². The number of hydrogen-bond acceptors (Lipinski definition) is 5. The Kier molecular flexibility index (Phi) is 4.89. The molecule has 0 saturated heterocycles. The summed E-state index contributed by atoms with van der Waals surface area (Å²) in [7, 11) is 0. The minimum absolute atomic E-state index is 0.123. The first kappa shape index (κ1) is 15.1. The van der Waals surface area contributed by atoms with Gasteiger partial charge in [0, 0.05) is 11.8 Å². The highest BCUT2D eigenvalue weighted by atomic mass is 32.2. The van der Waals surface area contributed by atoms with Crippen LogP contribution in [-0.4, -0.2) is 32.6 Å². The molecule has 0 bridgehead atoms. The lowest BCUT2D eigenvalue weighted by Gasteiger charge is -2.22. The second kappa shape index (κ2) is 6.46. The molecule has 0 amide bonds. The maximum absolute atomic E-state index is 11.6. The lowest BCUT2D eigenvalue weighted by Crippen LogP contribution is -2.41. The smallest absolute Gasteiger partial charge is 0.300 e. The Morgan fingerprint density at radius 2 is 2.40 bits per heavy atom. The van der Waals surface area contributed by atoms with Crippen molar-refractivity contribution >= 4 is 11.8 Å². The van der Waals surface area contributed by atoms with Gasteiger partial charge in [-0.2, -0.15) is 5.26 Å². The molecular weight excluding hydrogens is 274 g/mol. The summed E-state index contributed by atoms with van der Waals surface area (Å²) in [4.78, 5) is 11.6. The molecule has 1 aliphatic rings. The van der Waals surface area contributed by atoms with Crippen molar-refractivity contribution in [2.45, 2.75) is 56.3 Å². The van der Waals surface area contributed by atoms with Crippen LogP contribution in [-0.2, 0) is 0 Å². The molecule has 1 atom stereocenters. The van der Waals surface area contributed by atoms with Crippen LogP contribution in [0.1, 0.15) is 45.6 Å². The standard InChI is InChI=1S/C13H21N5OS/c1-3-7-15-13(2,9-14)6-8-20-12-17-16-11(19)18(12)10-4-5-10/h10,15H,3-8H2,1-2H3,(H,16,19). The second-order valence-corrected chi connectivity index (χ2v) is 6.44. The molecule has 1 aromatic rings. The van der Waals surface area contributed by atoms with Crippen LogP contribution < -0.4 is 11.0 Å². The Hall–Kier alpha value is -1.26. The first-order valence-corrected chi connectivity index (χ1v) is 8.04. The van der Waals surface area contributed by atoms with Crippen molar-refractivity contribution in [2.24, 2.45) is 0 Å². The van der Waals surface area contributed by atoms with Crippen LogP contribution in [0.3, 0.4) is 0 Å². The SMILES string of the molecule is CCCNC(C)(C#N)CCSc1n[nH]c(=O)n1C1CC1. The summed E-state index contributed by atoms with van der Waals surface area (Å²) in [5.74, 6) is 0.762. The van der Waals surface area contributed by atoms with Gasteiger partial charge in [-0.1, -0.05) is 18.7 Å². The molecule has 1 aromatic heterocycles. The Labute approximate surface area is 122 Å². The molecule has 20 heavy (non-hydrogen) atoms. The Morgan fingerprint density at radius 1 is 1.65 bits per heavy atom. The maximum atomic E-state index is 11.6. The number of nitriles is 1. The monoisotopic (exact) mass is 295 g/mol. The van der Waals surface area contributed by atoms with Crippen molar-refractivity contribution < 1.29 is 0 Å². The van der Waals surface area contributed by atoms with Gasteiger partial charge < -0.3 is 0 Å². The fourth-order valence-corrected chi connectivity index (χ4v) is 3.15. The van der Waals surface area contributed by atoms with Crippen LogP contribution in [0.4, 0.5) is 0 Å². The molecule has 2 N–H and O–H groups in total. The largest absolute Gasteiger partial charge is 0.344 e. The van der Waals surface area contributed by atoms with E-state index in [-0.39, 0.29) is 5.69 Å². The average Bonchev–Trinajstić information content (AvgIpc) is 3.21. The minimum Gasteiger partial charge on any atom is -0.300 e. The van der Waals surface area contributed by atoms with Crippen LogP contribution in [0.2, 0.25) is 0 Å². The molecule has 7 heteroatoms. The van der Waals surface area contributed by atoms with E-state index >= 15 is 0 Å². The molecule has 110 valence electrons. The minimum atomic E-state index is -0.510. The number of rotatable bonds is 8. The molecule has 1 heterocycles. The number of H-pyrrole nitrogens is 1. The van der Waals surface area contributed by atoms with Gasteiger partial charge in [-0.3, -0.25) is 9.88 Å². The zero-order valence-corrected chi connectivity index (χ0v) is 12.8. The summed E-state index contributed by atoms with van der Waals surface area (Å²) in [5, 5.41) is 19.9. The zero-order chi connectivity index (χ0) is 14.6. The third-order valence-corrected chi connectivity index (χ3v) is 4.38. The fraction of sp³-hybridized carbons (Fsp3) is 0.769. The van der Waals surface area contributed by atoms with Crippen LogP contribution in [0.25, 0.3) is 0 Å². The summed E-state index contributed by atoms with van der Waals surface area (Å²) in [6, 6.07) is 2.66. The molecule has 1 aliphatic carbocycles. The Balaban J connectivity index is 1.89. The number of aromatic nitrogens is 3. The molecular formula is C13H21N5OS. The van der Waals surface area contributed by atoms with Gasteiger partial charge >= 0.3 is 5.69 Å². The lowest BCUT2D eigenvalue weighted by molar-refractivity contribution is 0.437. The Morgan fingerprint density at radius 3 is 3.00 bits per heavy atom. The maximum Gasteiger partial charge on any atom is 0.344 e. The van der Waals surface area contributed by atoms with E-state index in [0.717, 1.165) is 43.1 Å². The summed E-state index contributed by atoms with van der Waals surface area (Å²) < 4.78 is 1.74. The Bertz CT molecular complexity index is 542. The van der Waals surface area contributed by atoms with Gasteiger partial charge in [-0.25, -0.2) is 9.89 Å². The molecule has 6 nitrogen and oxygen atoms in total. The van der Waals surface area contributed by atoms with E-state index in [2.05, 4.69) is 28.5 Å². The van der Waals surface area contributed by atoms with Crippen LogP contribution in [0.15, 0.2) is 9.95 Å². The summed E-state index contributed by atoms with van der Waals surface area (Å²) in [6.45, 7) is 4.84. The first-order chi connectivity index (χ1) is 9.59. The van der Waals surface area contributed by atoms with Crippen molar-refractivity contribution in [1.29, 1.82) is 5.26 Å². The first-order valence-electron chi connectivity index (χ1n) is 7.05. The molecule has 1 unspecified atom stereocenters. The van der Waals surface area contributed by atoms with E-state index in [1.807, 2.05) is 6.92 Å². The van der Waals surface area contributed by atoms with Crippen molar-refractivity contribution in [1.82, 2.24) is 20.1 Å². The molecule has 0 spiro atoms. The highest BCUT2D eigenvalue weighted by Crippen LogP contribution is 2.36. The zero-order valence-electron chi connectivity index (χ0n) is 12.0. The molecule has 2 rings (SSSR count). The van der Waals surface area contributed by atoms with Crippen LogP contribution in [0.5, 0.6) is 0 Å². The molecule has 0 aromatic carbocycles. The molecule has 0 radical (unpaired) electrons. The quantitative estimate of drug-likeness (QED) is 0.712. The summed E-state index contributed by atoms with van der Waals surface area (Å²) >= 11 is 1.54. The third-order valence-electron chi connectivity index (χ3n) is 3.43. The normalized spacial score (nSPS) is 17.6. The van der Waals surface area contributed by atoms with Gasteiger partial charge in [0.15, 0.2) is 5.16 Å². The number of hydrogen-bond donors (Lipinski definition) is 2. The van der Waals surface area contributed by atoms with E-state index in [1.54, 1.807) is 16.3 Å². The van der Waals surface area contributed by atoms with Crippen LogP contribution >= 0.6 is 11.8 Å². The highest BCUT2D eigenvalue weighted by Gasteiger charge is 2.29. The van der Waals surface area contributed by atoms with E-state index in [9.17, 15) is 10.1 Å². The van der Waals surface area contributed by atoms with Gasteiger partial charge in [0.2, 0.25) is 0 Å². The van der Waals surface area contributed by atoms with E-state index in [0.29, 0.717) is 6.04 Å². The predicted octanol–water partition coefficient (Wildman–Crippen LogP) is 1.67. The van der Waals surface area contributed by atoms with Gasteiger partial charge in [0.05, 0.1) is 6.07 Å². The van der Waals surface area contributed by atoms with Gasteiger partial charge in [-0.05, 0) is 39.2 Å². The van der Waals surface area contributed by atoms with E-state index in [1.165, 1.54) is 0 Å². The second-order valence-electron chi connectivity index (χ2n) is 5.38. The van der Waals surface area contributed by atoms with E-state index in [4.69, 9.17) is 0 Å². The van der Waals surface area contributed by atoms with Crippen molar-refractivity contribution in [2.75, 3.05) is 12.3 Å². The summed E-state index contributed by atoms with van der Waals surface area (Å²) in [6.07, 6.45) is 3.84. The topological polar surface area (TPSA) is 86.5 Å². The van der Waals surface area contributed by atoms with Crippen molar-refractivity contribution in [3.63, 3.8) is 0 Å². The number of thioether (sulfide) groups is 1. The highest BCUT2D eigenvalue weighted by molar-refractivity contribution is 7.99. The average molecular weight is 295 g/mol. The van der Waals surface area contributed by atoms with Gasteiger partial charge in [-0.15, -0.1) is 5.10 Å². The molecule has 1 saturated carbocycles. The number of aromatic amines is 1. The molecule has 1 fully saturated rings. The lowest BCUT2D eigenvalue weighted by atomic mass is 10.0. The van der Waals surface area contributed by atoms with Gasteiger partial charge in [0.25, 0.3) is 0 Å². The fourth-order valence-electron chi connectivity index (χ4n) is 1.98. The van der Waals surface area contributed by atoms with Gasteiger partial charge in [0.1, 0.15) is 5.54 Å². The van der Waals surface area contributed by atoms with Crippen LogP contribution in [0, 0.1) is 11.3 Å². The molecule has 0 aliphatic heterocycles. The summed E-state index contributed by atoms with van der Waals surface area (Å²) in [5.41, 5.74) is -0.633. The van der Waals surface area contributed by atoms with Crippen molar-refractivity contribution in [3.8, 4) is 6.07 Å².